The van der Waals surface area contributed by atoms with Gasteiger partial charge in [0.15, 0.2) is 0 Å². The van der Waals surface area contributed by atoms with Gasteiger partial charge in [0.2, 0.25) is 0 Å². The minimum absolute atomic E-state index is 0.695. The van der Waals surface area contributed by atoms with Crippen LogP contribution in [0.4, 0.5) is 0 Å². The van der Waals surface area contributed by atoms with Gasteiger partial charge in [-0.25, -0.2) is 0 Å². The first-order chi connectivity index (χ1) is 8.36. The largest absolute Gasteiger partial charge is 0.313 e. The molecular formula is C16H25N. The summed E-state index contributed by atoms with van der Waals surface area (Å²) >= 11 is 0. The van der Waals surface area contributed by atoms with Crippen molar-refractivity contribution in [1.29, 1.82) is 0 Å². The average Bonchev–Trinajstić information content (AvgIpc) is 2.79. The third-order valence-corrected chi connectivity index (χ3v) is 5.41. The minimum atomic E-state index is 0.695. The SMILES string of the molecule is CC#CCC(NCCC)C1C2C3CCC(C3)C21. The second kappa shape index (κ2) is 4.65. The molecule has 3 aliphatic rings. The van der Waals surface area contributed by atoms with Crippen LogP contribution in [-0.2, 0) is 0 Å². The summed E-state index contributed by atoms with van der Waals surface area (Å²) < 4.78 is 0. The summed E-state index contributed by atoms with van der Waals surface area (Å²) in [4.78, 5) is 0. The number of fused-ring (bicyclic) bond motifs is 5. The third-order valence-electron chi connectivity index (χ3n) is 5.41. The Morgan fingerprint density at radius 3 is 2.53 bits per heavy atom. The first kappa shape index (κ1) is 11.6. The smallest absolute Gasteiger partial charge is 0.0246 e. The maximum absolute atomic E-state index is 3.76. The highest BCUT2D eigenvalue weighted by atomic mass is 14.9. The molecule has 0 saturated heterocycles. The zero-order chi connectivity index (χ0) is 11.8. The van der Waals surface area contributed by atoms with Gasteiger partial charge >= 0.3 is 0 Å². The molecule has 3 fully saturated rings. The van der Waals surface area contributed by atoms with E-state index in [1.165, 1.54) is 25.8 Å². The maximum atomic E-state index is 3.76. The predicted octanol–water partition coefficient (Wildman–Crippen LogP) is 3.06. The fraction of sp³-hybridized carbons (Fsp3) is 0.875. The molecule has 0 aromatic rings. The monoisotopic (exact) mass is 231 g/mol. The lowest BCUT2D eigenvalue weighted by molar-refractivity contribution is 0.367. The van der Waals surface area contributed by atoms with E-state index >= 15 is 0 Å². The molecule has 0 heterocycles. The van der Waals surface area contributed by atoms with Crippen LogP contribution in [0, 0.1) is 41.4 Å². The van der Waals surface area contributed by atoms with Crippen LogP contribution in [0.25, 0.3) is 0 Å². The summed E-state index contributed by atoms with van der Waals surface area (Å²) in [5.41, 5.74) is 0. The fourth-order valence-electron chi connectivity index (χ4n) is 4.82. The molecular weight excluding hydrogens is 206 g/mol. The number of hydrogen-bond donors (Lipinski definition) is 1. The average molecular weight is 231 g/mol. The number of nitrogens with one attached hydrogen (secondary N) is 1. The van der Waals surface area contributed by atoms with Crippen LogP contribution in [-0.4, -0.2) is 12.6 Å². The molecule has 0 radical (unpaired) electrons. The first-order valence-corrected chi connectivity index (χ1v) is 7.49. The Balaban J connectivity index is 1.62. The van der Waals surface area contributed by atoms with E-state index in [2.05, 4.69) is 24.1 Å². The second-order valence-electron chi connectivity index (χ2n) is 6.26. The lowest BCUT2D eigenvalue weighted by atomic mass is 9.95. The predicted molar refractivity (Wildman–Crippen MR) is 71.4 cm³/mol. The molecule has 0 aromatic heterocycles. The summed E-state index contributed by atoms with van der Waals surface area (Å²) in [5.74, 6) is 11.7. The van der Waals surface area contributed by atoms with Crippen LogP contribution < -0.4 is 5.32 Å². The van der Waals surface area contributed by atoms with Crippen LogP contribution in [0.15, 0.2) is 0 Å². The molecule has 1 nitrogen and oxygen atoms in total. The Hall–Kier alpha value is -0.480. The van der Waals surface area contributed by atoms with Gasteiger partial charge in [0, 0.05) is 12.5 Å². The molecule has 3 aliphatic carbocycles. The van der Waals surface area contributed by atoms with Gasteiger partial charge in [-0.3, -0.25) is 0 Å². The van der Waals surface area contributed by atoms with E-state index < -0.39 is 0 Å². The molecule has 94 valence electrons. The van der Waals surface area contributed by atoms with Gasteiger partial charge in [-0.1, -0.05) is 6.92 Å². The Bertz CT molecular complexity index is 321. The molecule has 3 rings (SSSR count). The maximum Gasteiger partial charge on any atom is 0.0246 e. The molecule has 1 heteroatoms. The van der Waals surface area contributed by atoms with Crippen molar-refractivity contribution in [2.24, 2.45) is 29.6 Å². The lowest BCUT2D eigenvalue weighted by Gasteiger charge is -2.19. The van der Waals surface area contributed by atoms with Gasteiger partial charge in [0.25, 0.3) is 0 Å². The normalized spacial score (nSPS) is 42.8. The van der Waals surface area contributed by atoms with E-state index in [0.29, 0.717) is 6.04 Å². The summed E-state index contributed by atoms with van der Waals surface area (Å²) in [5, 5.41) is 3.76. The van der Waals surface area contributed by atoms with Crippen molar-refractivity contribution < 1.29 is 0 Å². The van der Waals surface area contributed by atoms with E-state index in [-0.39, 0.29) is 0 Å². The molecule has 1 N–H and O–H groups in total. The Kier molecular flexibility index (Phi) is 3.17. The third kappa shape index (κ3) is 1.91. The van der Waals surface area contributed by atoms with Crippen LogP contribution in [0.2, 0.25) is 0 Å². The quantitative estimate of drug-likeness (QED) is 0.717. The molecule has 3 saturated carbocycles. The van der Waals surface area contributed by atoms with Gasteiger partial charge in [-0.2, -0.15) is 0 Å². The first-order valence-electron chi connectivity index (χ1n) is 7.49. The van der Waals surface area contributed by atoms with Crippen molar-refractivity contribution >= 4 is 0 Å². The van der Waals surface area contributed by atoms with Crippen LogP contribution >= 0.6 is 0 Å². The highest BCUT2D eigenvalue weighted by Crippen LogP contribution is 2.70. The van der Waals surface area contributed by atoms with Crippen molar-refractivity contribution in [1.82, 2.24) is 5.32 Å². The van der Waals surface area contributed by atoms with Gasteiger partial charge in [0.1, 0.15) is 0 Å². The van der Waals surface area contributed by atoms with E-state index in [1.54, 1.807) is 6.42 Å². The summed E-state index contributed by atoms with van der Waals surface area (Å²) in [6, 6.07) is 0.695. The van der Waals surface area contributed by atoms with Gasteiger partial charge in [-0.15, -0.1) is 11.8 Å². The molecule has 0 amide bonds. The summed E-state index contributed by atoms with van der Waals surface area (Å²) in [6.07, 6.45) is 6.94. The fourth-order valence-corrected chi connectivity index (χ4v) is 4.82. The van der Waals surface area contributed by atoms with Crippen molar-refractivity contribution in [3.8, 4) is 11.8 Å². The zero-order valence-electron chi connectivity index (χ0n) is 11.2. The Morgan fingerprint density at radius 1 is 1.24 bits per heavy atom. The number of hydrogen-bond acceptors (Lipinski definition) is 1. The van der Waals surface area contributed by atoms with E-state index in [1.807, 2.05) is 6.92 Å². The molecule has 17 heavy (non-hydrogen) atoms. The van der Waals surface area contributed by atoms with Crippen molar-refractivity contribution in [2.45, 2.75) is 52.0 Å². The molecule has 5 atom stereocenters. The van der Waals surface area contributed by atoms with Crippen LogP contribution in [0.1, 0.15) is 46.0 Å². The molecule has 2 bridgehead atoms. The van der Waals surface area contributed by atoms with Crippen molar-refractivity contribution in [3.63, 3.8) is 0 Å². The molecule has 0 aromatic carbocycles. The van der Waals surface area contributed by atoms with E-state index in [9.17, 15) is 0 Å². The second-order valence-corrected chi connectivity index (χ2v) is 6.26. The van der Waals surface area contributed by atoms with Crippen molar-refractivity contribution in [2.75, 3.05) is 6.54 Å². The standard InChI is InChI=1S/C16H25N/c1-3-5-6-13(17-9-4-2)16-14-11-7-8-12(10-11)15(14)16/h11-17H,4,6-10H2,1-2H3. The lowest BCUT2D eigenvalue weighted by Crippen LogP contribution is -2.33. The minimum Gasteiger partial charge on any atom is -0.313 e. The van der Waals surface area contributed by atoms with E-state index in [4.69, 9.17) is 0 Å². The Morgan fingerprint density at radius 2 is 1.94 bits per heavy atom. The molecule has 0 aliphatic heterocycles. The molecule has 5 unspecified atom stereocenters. The summed E-state index contributed by atoms with van der Waals surface area (Å²) in [6.45, 7) is 5.39. The van der Waals surface area contributed by atoms with Gasteiger partial charge in [-0.05, 0) is 68.7 Å². The van der Waals surface area contributed by atoms with Crippen LogP contribution in [0.3, 0.4) is 0 Å². The van der Waals surface area contributed by atoms with Crippen LogP contribution in [0.5, 0.6) is 0 Å². The van der Waals surface area contributed by atoms with E-state index in [0.717, 1.165) is 36.0 Å². The molecule has 0 spiro atoms. The van der Waals surface area contributed by atoms with Crippen molar-refractivity contribution in [3.05, 3.63) is 0 Å². The highest BCUT2D eigenvalue weighted by molar-refractivity contribution is 5.17. The van der Waals surface area contributed by atoms with Gasteiger partial charge in [0.05, 0.1) is 0 Å². The topological polar surface area (TPSA) is 12.0 Å². The zero-order valence-corrected chi connectivity index (χ0v) is 11.2. The number of rotatable bonds is 5. The summed E-state index contributed by atoms with van der Waals surface area (Å²) in [7, 11) is 0. The van der Waals surface area contributed by atoms with Gasteiger partial charge < -0.3 is 5.32 Å². The highest BCUT2D eigenvalue weighted by Gasteiger charge is 2.66. The Labute approximate surface area is 106 Å².